The number of carboxylic acid groups (broad SMARTS) is 2. The fraction of sp³-hybridized carbons (Fsp3) is 0.636. The molecule has 1 fully saturated rings. The van der Waals surface area contributed by atoms with E-state index in [1.807, 2.05) is 13.0 Å². The summed E-state index contributed by atoms with van der Waals surface area (Å²) in [6, 6.07) is 4.09. The van der Waals surface area contributed by atoms with Crippen molar-refractivity contribution < 1.29 is 24.9 Å². The van der Waals surface area contributed by atoms with Crippen LogP contribution < -0.4 is 0 Å². The van der Waals surface area contributed by atoms with E-state index in [0.29, 0.717) is 11.7 Å². The number of hydrogen-bond donors (Lipinski definition) is 3. The Morgan fingerprint density at radius 2 is 1.74 bits per heavy atom. The molecule has 0 aromatic heterocycles. The van der Waals surface area contributed by atoms with E-state index in [9.17, 15) is 15.0 Å². The van der Waals surface area contributed by atoms with Crippen LogP contribution in [-0.4, -0.2) is 27.3 Å². The highest BCUT2D eigenvalue weighted by Gasteiger charge is 2.55. The first-order valence-corrected chi connectivity index (χ1v) is 9.72. The largest absolute Gasteiger partial charge is 0.508 e. The zero-order valence-electron chi connectivity index (χ0n) is 17.0. The molecule has 0 amide bonds. The molecule has 0 radical (unpaired) electrons. The van der Waals surface area contributed by atoms with Gasteiger partial charge in [-0.15, -0.1) is 0 Å². The first-order chi connectivity index (χ1) is 12.4. The Morgan fingerprint density at radius 3 is 2.26 bits per heavy atom. The van der Waals surface area contributed by atoms with Crippen molar-refractivity contribution in [3.63, 3.8) is 0 Å². The Balaban J connectivity index is 0.000000596. The third kappa shape index (κ3) is 3.83. The maximum absolute atomic E-state index is 11.9. The second-order valence-corrected chi connectivity index (χ2v) is 8.83. The van der Waals surface area contributed by atoms with Gasteiger partial charge in [0.25, 0.3) is 5.97 Å². The molecule has 0 bridgehead atoms. The van der Waals surface area contributed by atoms with Crippen molar-refractivity contribution in [3.8, 4) is 5.75 Å². The molecule has 2 aliphatic carbocycles. The number of aryl methyl sites for hydroxylation is 1. The van der Waals surface area contributed by atoms with Crippen LogP contribution in [0.15, 0.2) is 12.1 Å². The lowest BCUT2D eigenvalue weighted by atomic mass is 9.49. The number of fused-ring (bicyclic) bond motifs is 3. The topological polar surface area (TPSA) is 94.8 Å². The molecular weight excluding hydrogens is 344 g/mol. The van der Waals surface area contributed by atoms with Gasteiger partial charge in [0.15, 0.2) is 0 Å². The summed E-state index contributed by atoms with van der Waals surface area (Å²) in [4.78, 5) is 20.9. The molecule has 1 aromatic carbocycles. The van der Waals surface area contributed by atoms with E-state index in [2.05, 4.69) is 26.8 Å². The first-order valence-electron chi connectivity index (χ1n) is 9.72. The number of hydrogen-bond acceptors (Lipinski definition) is 3. The lowest BCUT2D eigenvalue weighted by Gasteiger charge is -2.53. The minimum absolute atomic E-state index is 0.137. The highest BCUT2D eigenvalue weighted by Crippen LogP contribution is 2.58. The van der Waals surface area contributed by atoms with Gasteiger partial charge in [-0.2, -0.15) is 0 Å². The number of rotatable bonds is 2. The first kappa shape index (κ1) is 21.3. The van der Waals surface area contributed by atoms with Crippen LogP contribution in [0.1, 0.15) is 82.9 Å². The number of phenolic OH excluding ortho intramolecular Hbond substituents is 1. The minimum atomic E-state index is -0.833. The highest BCUT2D eigenvalue weighted by molar-refractivity contribution is 5.75. The van der Waals surface area contributed by atoms with E-state index in [0.717, 1.165) is 44.6 Å². The molecule has 3 unspecified atom stereocenters. The third-order valence-electron chi connectivity index (χ3n) is 6.61. The van der Waals surface area contributed by atoms with Crippen molar-refractivity contribution in [1.82, 2.24) is 0 Å². The van der Waals surface area contributed by atoms with Gasteiger partial charge < -0.3 is 15.3 Å². The Morgan fingerprint density at radius 1 is 1.15 bits per heavy atom. The van der Waals surface area contributed by atoms with Crippen molar-refractivity contribution in [1.29, 1.82) is 0 Å². The number of carbonyl (C=O) groups is 2. The third-order valence-corrected chi connectivity index (χ3v) is 6.61. The Kier molecular flexibility index (Phi) is 5.93. The number of carboxylic acids is 2. The molecule has 5 nitrogen and oxygen atoms in total. The summed E-state index contributed by atoms with van der Waals surface area (Å²) in [6.45, 7) is 9.41. The highest BCUT2D eigenvalue weighted by atomic mass is 16.4. The van der Waals surface area contributed by atoms with Gasteiger partial charge in [-0.25, -0.2) is 0 Å². The van der Waals surface area contributed by atoms with Gasteiger partial charge in [-0.3, -0.25) is 9.59 Å². The fourth-order valence-corrected chi connectivity index (χ4v) is 5.24. The van der Waals surface area contributed by atoms with Crippen molar-refractivity contribution in [2.75, 3.05) is 0 Å². The molecule has 3 rings (SSSR count). The fourth-order valence-electron chi connectivity index (χ4n) is 5.24. The van der Waals surface area contributed by atoms with E-state index in [4.69, 9.17) is 9.90 Å². The smallest absolute Gasteiger partial charge is 0.309 e. The van der Waals surface area contributed by atoms with E-state index in [1.54, 1.807) is 0 Å². The molecule has 3 atom stereocenters. The molecular formula is C22H32O5. The molecule has 1 aromatic rings. The van der Waals surface area contributed by atoms with Crippen LogP contribution in [0.25, 0.3) is 0 Å². The molecule has 1 saturated carbocycles. The molecule has 2 aliphatic rings. The number of phenols is 1. The Labute approximate surface area is 161 Å². The lowest BCUT2D eigenvalue weighted by Crippen LogP contribution is -2.52. The number of aromatic hydroxyl groups is 1. The maximum atomic E-state index is 11.9. The number of benzene rings is 1. The van der Waals surface area contributed by atoms with Crippen molar-refractivity contribution in [3.05, 3.63) is 28.8 Å². The van der Waals surface area contributed by atoms with Crippen LogP contribution in [0.4, 0.5) is 0 Å². The van der Waals surface area contributed by atoms with E-state index in [1.165, 1.54) is 11.1 Å². The summed E-state index contributed by atoms with van der Waals surface area (Å²) in [7, 11) is 0. The van der Waals surface area contributed by atoms with E-state index in [-0.39, 0.29) is 11.3 Å². The molecule has 0 heterocycles. The van der Waals surface area contributed by atoms with Gasteiger partial charge in [-0.1, -0.05) is 33.3 Å². The second-order valence-electron chi connectivity index (χ2n) is 8.83. The molecule has 150 valence electrons. The van der Waals surface area contributed by atoms with Gasteiger partial charge in [0.05, 0.1) is 5.41 Å². The van der Waals surface area contributed by atoms with Gasteiger partial charge in [0, 0.05) is 6.92 Å². The molecule has 0 aliphatic heterocycles. The van der Waals surface area contributed by atoms with Crippen LogP contribution in [0.3, 0.4) is 0 Å². The Hall–Kier alpha value is -2.04. The van der Waals surface area contributed by atoms with Gasteiger partial charge in [0.1, 0.15) is 5.75 Å². The van der Waals surface area contributed by atoms with Crippen LogP contribution in [0.2, 0.25) is 0 Å². The quantitative estimate of drug-likeness (QED) is 0.695. The summed E-state index contributed by atoms with van der Waals surface area (Å²) >= 11 is 0. The van der Waals surface area contributed by atoms with Crippen LogP contribution in [0.5, 0.6) is 5.75 Å². The summed E-state index contributed by atoms with van der Waals surface area (Å²) in [5.41, 5.74) is 2.69. The molecule has 0 saturated heterocycles. The average molecular weight is 376 g/mol. The minimum Gasteiger partial charge on any atom is -0.508 e. The molecule has 0 spiro atoms. The van der Waals surface area contributed by atoms with E-state index >= 15 is 0 Å². The average Bonchev–Trinajstić information content (AvgIpc) is 2.53. The summed E-state index contributed by atoms with van der Waals surface area (Å²) in [5.74, 6) is -0.706. The second kappa shape index (κ2) is 7.53. The van der Waals surface area contributed by atoms with Crippen molar-refractivity contribution in [2.45, 2.75) is 78.1 Å². The zero-order valence-corrected chi connectivity index (χ0v) is 17.0. The van der Waals surface area contributed by atoms with Gasteiger partial charge in [0.2, 0.25) is 0 Å². The molecule has 27 heavy (non-hydrogen) atoms. The van der Waals surface area contributed by atoms with E-state index < -0.39 is 17.4 Å². The van der Waals surface area contributed by atoms with Gasteiger partial charge in [-0.05, 0) is 72.6 Å². The van der Waals surface area contributed by atoms with Crippen LogP contribution in [-0.2, 0) is 21.4 Å². The lowest BCUT2D eigenvalue weighted by molar-refractivity contribution is -0.157. The van der Waals surface area contributed by atoms with Crippen molar-refractivity contribution >= 4 is 11.9 Å². The normalized spacial score (nSPS) is 29.2. The maximum Gasteiger partial charge on any atom is 0.309 e. The SMILES string of the molecule is CC(=O)O.CC(C)c1cc2c(cc1O)C1(C)CCCC(C)(C(=O)O)C1CC2. The molecule has 5 heteroatoms. The predicted octanol–water partition coefficient (Wildman–Crippen LogP) is 4.70. The monoisotopic (exact) mass is 376 g/mol. The Bertz CT molecular complexity index is 734. The van der Waals surface area contributed by atoms with Crippen molar-refractivity contribution in [2.24, 2.45) is 11.3 Å². The molecule has 3 N–H and O–H groups in total. The van der Waals surface area contributed by atoms with Crippen LogP contribution in [0, 0.1) is 11.3 Å². The predicted molar refractivity (Wildman–Crippen MR) is 104 cm³/mol. The number of aliphatic carboxylic acids is 2. The summed E-state index contributed by atoms with van der Waals surface area (Å²) < 4.78 is 0. The standard InChI is InChI=1S/C20H28O3.C2H4O2/c1-12(2)14-10-13-6-7-17-19(3,15(13)11-16(14)21)8-5-9-20(17,4)18(22)23;1-2(3)4/h10-12,17,21H,5-9H2,1-4H3,(H,22,23);1H3,(H,3,4). The van der Waals surface area contributed by atoms with Crippen LogP contribution >= 0.6 is 0 Å². The summed E-state index contributed by atoms with van der Waals surface area (Å²) in [5, 5.41) is 27.7. The summed E-state index contributed by atoms with van der Waals surface area (Å²) in [6.07, 6.45) is 4.54. The van der Waals surface area contributed by atoms with Gasteiger partial charge >= 0.3 is 5.97 Å². The zero-order chi connectivity index (χ0) is 20.6.